The summed E-state index contributed by atoms with van der Waals surface area (Å²) in [6.45, 7) is 0.543. The van der Waals surface area contributed by atoms with E-state index in [1.54, 1.807) is 18.3 Å². The molecule has 2 N–H and O–H groups in total. The highest BCUT2D eigenvalue weighted by molar-refractivity contribution is 6.31. The molecule has 0 radical (unpaired) electrons. The lowest BCUT2D eigenvalue weighted by atomic mass is 9.86. The molecular weight excluding hydrogens is 544 g/mol. The van der Waals surface area contributed by atoms with Crippen LogP contribution in [0.1, 0.15) is 60.5 Å². The maximum absolute atomic E-state index is 14.2. The second-order valence-corrected chi connectivity index (χ2v) is 11.6. The number of rotatable bonds is 6. The third-order valence-corrected chi connectivity index (χ3v) is 8.52. The van der Waals surface area contributed by atoms with Crippen LogP contribution in [-0.4, -0.2) is 35.1 Å². The number of benzene rings is 2. The molecule has 1 aromatic heterocycles. The van der Waals surface area contributed by atoms with E-state index in [1.807, 2.05) is 10.6 Å². The van der Waals surface area contributed by atoms with Crippen LogP contribution in [0.4, 0.5) is 4.39 Å². The van der Waals surface area contributed by atoms with Crippen LogP contribution in [0.15, 0.2) is 41.3 Å². The molecule has 2 saturated carbocycles. The predicted molar refractivity (Wildman–Crippen MR) is 147 cm³/mol. The van der Waals surface area contributed by atoms with Gasteiger partial charge in [-0.05, 0) is 80.3 Å². The van der Waals surface area contributed by atoms with E-state index in [1.165, 1.54) is 6.07 Å². The van der Waals surface area contributed by atoms with E-state index >= 15 is 0 Å². The Bertz CT molecular complexity index is 1530. The molecule has 2 amide bonds. The minimum atomic E-state index is -0.681. The highest BCUT2D eigenvalue weighted by Crippen LogP contribution is 2.38. The van der Waals surface area contributed by atoms with Crippen molar-refractivity contribution in [3.05, 3.63) is 73.7 Å². The molecular formula is C29H28Cl2FN3O4. The molecule has 39 heavy (non-hydrogen) atoms. The molecule has 0 saturated heterocycles. The fourth-order valence-electron chi connectivity index (χ4n) is 5.66. The third-order valence-electron chi connectivity index (χ3n) is 8.00. The number of carbonyl (C=O) groups is 2. The number of nitrogens with zero attached hydrogens (tertiary/aromatic N) is 1. The lowest BCUT2D eigenvalue weighted by molar-refractivity contribution is -0.127. The first kappa shape index (κ1) is 26.1. The normalized spacial score (nSPS) is 22.3. The molecule has 0 spiro atoms. The fourth-order valence-corrected chi connectivity index (χ4v) is 6.01. The number of aromatic nitrogens is 1. The van der Waals surface area contributed by atoms with Crippen molar-refractivity contribution in [2.24, 2.45) is 5.92 Å². The Hall–Kier alpha value is -3.10. The van der Waals surface area contributed by atoms with Gasteiger partial charge in [0.1, 0.15) is 17.1 Å². The molecule has 2 aliphatic carbocycles. The first-order valence-electron chi connectivity index (χ1n) is 13.3. The fraction of sp³-hybridized carbons (Fsp3) is 0.414. The Kier molecular flexibility index (Phi) is 7.02. The molecule has 10 heteroatoms. The van der Waals surface area contributed by atoms with Gasteiger partial charge >= 0.3 is 0 Å². The number of fused-ring (bicyclic) bond motifs is 2. The van der Waals surface area contributed by atoms with Crippen LogP contribution >= 0.6 is 23.2 Å². The molecule has 0 bridgehead atoms. The van der Waals surface area contributed by atoms with E-state index in [2.05, 4.69) is 10.6 Å². The Labute approximate surface area is 234 Å². The van der Waals surface area contributed by atoms with E-state index in [4.69, 9.17) is 27.9 Å². The summed E-state index contributed by atoms with van der Waals surface area (Å²) in [6.07, 6.45) is 6.55. The summed E-state index contributed by atoms with van der Waals surface area (Å²) in [4.78, 5) is 39.0. The number of halogens is 3. The van der Waals surface area contributed by atoms with Gasteiger partial charge in [0.2, 0.25) is 5.43 Å². The average Bonchev–Trinajstić information content (AvgIpc) is 3.67. The third kappa shape index (κ3) is 5.37. The number of amides is 2. The number of hydrogen-bond acceptors (Lipinski definition) is 4. The van der Waals surface area contributed by atoms with Gasteiger partial charge in [-0.1, -0.05) is 23.2 Å². The van der Waals surface area contributed by atoms with Gasteiger partial charge in [-0.15, -0.1) is 0 Å². The summed E-state index contributed by atoms with van der Waals surface area (Å²) in [5.41, 5.74) is 1.00. The number of carbonyl (C=O) groups excluding carboxylic acids is 2. The van der Waals surface area contributed by atoms with E-state index in [9.17, 15) is 18.8 Å². The van der Waals surface area contributed by atoms with Gasteiger partial charge in [-0.3, -0.25) is 14.4 Å². The Balaban J connectivity index is 1.04. The molecule has 1 atom stereocenters. The van der Waals surface area contributed by atoms with Crippen LogP contribution < -0.4 is 20.8 Å². The molecule has 3 aliphatic rings. The summed E-state index contributed by atoms with van der Waals surface area (Å²) in [5.74, 6) is -0.277. The number of nitrogens with one attached hydrogen (secondary N) is 2. The first-order chi connectivity index (χ1) is 18.8. The monoisotopic (exact) mass is 571 g/mol. The summed E-state index contributed by atoms with van der Waals surface area (Å²) < 4.78 is 21.8. The maximum atomic E-state index is 14.2. The van der Waals surface area contributed by atoms with Crippen molar-refractivity contribution in [2.75, 3.05) is 6.54 Å². The van der Waals surface area contributed by atoms with Crippen molar-refractivity contribution in [2.45, 2.75) is 63.1 Å². The highest BCUT2D eigenvalue weighted by Gasteiger charge is 2.31. The summed E-state index contributed by atoms with van der Waals surface area (Å²) in [7, 11) is 0. The Morgan fingerprint density at radius 3 is 2.56 bits per heavy atom. The molecule has 1 unspecified atom stereocenters. The second-order valence-electron chi connectivity index (χ2n) is 10.8. The minimum absolute atomic E-state index is 0.0179. The van der Waals surface area contributed by atoms with Crippen LogP contribution in [-0.2, 0) is 11.2 Å². The number of ether oxygens (including phenoxy) is 1. The SMILES string of the molecule is O=C(N[C@H]1CC[C@H](CNC(=O)C2Cc3cc(Cl)ccc3O2)CC1)c1cn(C2CC2)c2cc(Cl)c(F)cc2c1=O. The van der Waals surface area contributed by atoms with Crippen LogP contribution in [0, 0.1) is 11.7 Å². The van der Waals surface area contributed by atoms with E-state index < -0.39 is 23.3 Å². The topological polar surface area (TPSA) is 89.4 Å². The zero-order valence-corrected chi connectivity index (χ0v) is 22.7. The summed E-state index contributed by atoms with van der Waals surface area (Å²) >= 11 is 12.0. The van der Waals surface area contributed by atoms with E-state index in [0.29, 0.717) is 35.2 Å². The van der Waals surface area contributed by atoms with Gasteiger partial charge in [-0.25, -0.2) is 4.39 Å². The van der Waals surface area contributed by atoms with Gasteiger partial charge in [0.15, 0.2) is 6.10 Å². The van der Waals surface area contributed by atoms with E-state index in [0.717, 1.165) is 50.2 Å². The van der Waals surface area contributed by atoms with E-state index in [-0.39, 0.29) is 34.0 Å². The van der Waals surface area contributed by atoms with Gasteiger partial charge < -0.3 is 19.9 Å². The molecule has 7 nitrogen and oxygen atoms in total. The van der Waals surface area contributed by atoms with Crippen molar-refractivity contribution in [3.8, 4) is 5.75 Å². The molecule has 1 aliphatic heterocycles. The number of hydrogen-bond donors (Lipinski definition) is 2. The quantitative estimate of drug-likeness (QED) is 0.426. The first-order valence-corrected chi connectivity index (χ1v) is 14.1. The maximum Gasteiger partial charge on any atom is 0.261 e. The average molecular weight is 572 g/mol. The lowest BCUT2D eigenvalue weighted by Crippen LogP contribution is -2.43. The van der Waals surface area contributed by atoms with Crippen molar-refractivity contribution in [3.63, 3.8) is 0 Å². The molecule has 6 rings (SSSR count). The highest BCUT2D eigenvalue weighted by atomic mass is 35.5. The van der Waals surface area contributed by atoms with Crippen LogP contribution in [0.5, 0.6) is 5.75 Å². The summed E-state index contributed by atoms with van der Waals surface area (Å²) in [6, 6.07) is 8.04. The standard InChI is InChI=1S/C29H28Cl2FN3O4/c30-17-3-8-25-16(9-17)10-26(39-25)29(38)33-13-15-1-4-18(5-2-15)34-28(37)21-14-35(19-6-7-19)24-12-22(31)23(32)11-20(24)27(21)36/h3,8-9,11-12,14-15,18-19,26H,1-2,4-7,10,13H2,(H,33,38)(H,34,37)/t15-,18-,26?. The van der Waals surface area contributed by atoms with Gasteiger partial charge in [0, 0.05) is 41.7 Å². The number of pyridine rings is 1. The Morgan fingerprint density at radius 1 is 1.05 bits per heavy atom. The predicted octanol–water partition coefficient (Wildman–Crippen LogP) is 5.19. The van der Waals surface area contributed by atoms with Crippen LogP contribution in [0.25, 0.3) is 10.9 Å². The lowest BCUT2D eigenvalue weighted by Gasteiger charge is -2.29. The van der Waals surface area contributed by atoms with Crippen LogP contribution in [0.2, 0.25) is 10.0 Å². The van der Waals surface area contributed by atoms with Crippen LogP contribution in [0.3, 0.4) is 0 Å². The zero-order chi connectivity index (χ0) is 27.3. The molecule has 2 heterocycles. The minimum Gasteiger partial charge on any atom is -0.480 e. The van der Waals surface area contributed by atoms with Crippen molar-refractivity contribution >= 4 is 45.9 Å². The molecule has 2 aromatic carbocycles. The smallest absolute Gasteiger partial charge is 0.261 e. The molecule has 3 aromatic rings. The van der Waals surface area contributed by atoms with Crippen molar-refractivity contribution < 1.29 is 18.7 Å². The molecule has 204 valence electrons. The van der Waals surface area contributed by atoms with Gasteiger partial charge in [-0.2, -0.15) is 0 Å². The van der Waals surface area contributed by atoms with Crippen molar-refractivity contribution in [1.82, 2.24) is 15.2 Å². The second kappa shape index (κ2) is 10.5. The van der Waals surface area contributed by atoms with Gasteiger partial charge in [0.25, 0.3) is 11.8 Å². The largest absolute Gasteiger partial charge is 0.480 e. The summed E-state index contributed by atoms with van der Waals surface area (Å²) in [5, 5.41) is 6.75. The Morgan fingerprint density at radius 2 is 1.82 bits per heavy atom. The zero-order valence-electron chi connectivity index (χ0n) is 21.1. The van der Waals surface area contributed by atoms with Gasteiger partial charge in [0.05, 0.1) is 10.5 Å². The van der Waals surface area contributed by atoms with Crippen molar-refractivity contribution in [1.29, 1.82) is 0 Å². The molecule has 2 fully saturated rings.